The zero-order chi connectivity index (χ0) is 14.0. The second-order valence-corrected chi connectivity index (χ2v) is 8.72. The molecule has 1 saturated carbocycles. The monoisotopic (exact) mass is 288 g/mol. The van der Waals surface area contributed by atoms with Crippen LogP contribution in [0.2, 0.25) is 0 Å². The minimum atomic E-state index is -3.34. The van der Waals surface area contributed by atoms with Gasteiger partial charge in [-0.15, -0.1) is 0 Å². The average Bonchev–Trinajstić information content (AvgIpc) is 2.73. The van der Waals surface area contributed by atoms with Crippen molar-refractivity contribution in [2.75, 3.05) is 19.6 Å². The smallest absolute Gasteiger partial charge is 0.213 e. The molecule has 1 aliphatic heterocycles. The van der Waals surface area contributed by atoms with Gasteiger partial charge in [0.2, 0.25) is 10.0 Å². The molecule has 1 saturated heterocycles. The molecule has 3 atom stereocenters. The SMILES string of the molecule is CC1CC(C)CC(CCN2CCC(S(N)(=O)=O)C2)C1. The molecule has 4 nitrogen and oxygen atoms in total. The molecule has 2 fully saturated rings. The molecule has 2 aliphatic rings. The van der Waals surface area contributed by atoms with E-state index < -0.39 is 10.0 Å². The summed E-state index contributed by atoms with van der Waals surface area (Å²) in [5.41, 5.74) is 0. The van der Waals surface area contributed by atoms with Crippen LogP contribution in [-0.2, 0) is 10.0 Å². The van der Waals surface area contributed by atoms with E-state index in [0.29, 0.717) is 13.0 Å². The van der Waals surface area contributed by atoms with E-state index in [1.54, 1.807) is 0 Å². The van der Waals surface area contributed by atoms with Gasteiger partial charge in [0, 0.05) is 6.54 Å². The third-order valence-electron chi connectivity index (χ3n) is 4.82. The van der Waals surface area contributed by atoms with Gasteiger partial charge in [-0.1, -0.05) is 13.8 Å². The highest BCUT2D eigenvalue weighted by molar-refractivity contribution is 7.89. The Hall–Kier alpha value is -0.130. The van der Waals surface area contributed by atoms with Crippen molar-refractivity contribution in [3.05, 3.63) is 0 Å². The molecule has 2 rings (SSSR count). The summed E-state index contributed by atoms with van der Waals surface area (Å²) in [6, 6.07) is 0. The van der Waals surface area contributed by atoms with Crippen LogP contribution in [0.1, 0.15) is 46.0 Å². The predicted molar refractivity (Wildman–Crippen MR) is 78.2 cm³/mol. The van der Waals surface area contributed by atoms with Crippen molar-refractivity contribution in [2.24, 2.45) is 22.9 Å². The van der Waals surface area contributed by atoms with Crippen LogP contribution in [0.5, 0.6) is 0 Å². The molecule has 0 aromatic heterocycles. The Morgan fingerprint density at radius 1 is 1.16 bits per heavy atom. The molecule has 2 N–H and O–H groups in total. The van der Waals surface area contributed by atoms with E-state index in [0.717, 1.165) is 30.8 Å². The van der Waals surface area contributed by atoms with Gasteiger partial charge in [-0.3, -0.25) is 0 Å². The molecule has 0 spiro atoms. The van der Waals surface area contributed by atoms with Gasteiger partial charge < -0.3 is 4.90 Å². The lowest BCUT2D eigenvalue weighted by molar-refractivity contribution is 0.190. The average molecular weight is 288 g/mol. The number of sulfonamides is 1. The Morgan fingerprint density at radius 3 is 2.32 bits per heavy atom. The van der Waals surface area contributed by atoms with Crippen molar-refractivity contribution in [3.63, 3.8) is 0 Å². The third-order valence-corrected chi connectivity index (χ3v) is 6.14. The van der Waals surface area contributed by atoms with Gasteiger partial charge in [-0.05, 0) is 62.9 Å². The van der Waals surface area contributed by atoms with E-state index in [1.165, 1.54) is 25.7 Å². The lowest BCUT2D eigenvalue weighted by Crippen LogP contribution is -2.33. The van der Waals surface area contributed by atoms with Crippen molar-refractivity contribution < 1.29 is 8.42 Å². The standard InChI is InChI=1S/C14H28N2O2S/c1-11-7-12(2)9-13(8-11)3-5-16-6-4-14(10-16)19(15,17)18/h11-14H,3-10H2,1-2H3,(H2,15,17,18). The molecule has 5 heteroatoms. The summed E-state index contributed by atoms with van der Waals surface area (Å²) < 4.78 is 22.6. The molecule has 1 aliphatic carbocycles. The molecule has 1 heterocycles. The predicted octanol–water partition coefficient (Wildman–Crippen LogP) is 1.81. The Bertz CT molecular complexity index is 386. The van der Waals surface area contributed by atoms with Crippen molar-refractivity contribution >= 4 is 10.0 Å². The normalized spacial score (nSPS) is 37.6. The molecule has 0 amide bonds. The third kappa shape index (κ3) is 4.43. The fraction of sp³-hybridized carbons (Fsp3) is 1.00. The van der Waals surface area contributed by atoms with Crippen LogP contribution in [0.4, 0.5) is 0 Å². The summed E-state index contributed by atoms with van der Waals surface area (Å²) in [7, 11) is -3.34. The number of nitrogens with two attached hydrogens (primary N) is 1. The van der Waals surface area contributed by atoms with Crippen LogP contribution in [0.3, 0.4) is 0 Å². The maximum Gasteiger partial charge on any atom is 0.213 e. The minimum absolute atomic E-state index is 0.336. The summed E-state index contributed by atoms with van der Waals surface area (Å²) in [5, 5.41) is 4.89. The number of hydrogen-bond acceptors (Lipinski definition) is 3. The van der Waals surface area contributed by atoms with Crippen LogP contribution in [0.25, 0.3) is 0 Å². The van der Waals surface area contributed by atoms with Gasteiger partial charge >= 0.3 is 0 Å². The van der Waals surface area contributed by atoms with Gasteiger partial charge in [0.25, 0.3) is 0 Å². The summed E-state index contributed by atoms with van der Waals surface area (Å²) in [5.74, 6) is 2.53. The summed E-state index contributed by atoms with van der Waals surface area (Å²) in [6.07, 6.45) is 5.98. The molecule has 0 aromatic rings. The van der Waals surface area contributed by atoms with Crippen molar-refractivity contribution in [1.82, 2.24) is 4.90 Å². The lowest BCUT2D eigenvalue weighted by atomic mass is 9.75. The highest BCUT2D eigenvalue weighted by Gasteiger charge is 2.31. The molecular formula is C14H28N2O2S. The van der Waals surface area contributed by atoms with E-state index in [4.69, 9.17) is 5.14 Å². The zero-order valence-electron chi connectivity index (χ0n) is 12.2. The largest absolute Gasteiger partial charge is 0.302 e. The van der Waals surface area contributed by atoms with Crippen molar-refractivity contribution in [1.29, 1.82) is 0 Å². The molecule has 3 unspecified atom stereocenters. The van der Waals surface area contributed by atoms with E-state index in [-0.39, 0.29) is 5.25 Å². The van der Waals surface area contributed by atoms with Crippen LogP contribution >= 0.6 is 0 Å². The highest BCUT2D eigenvalue weighted by Crippen LogP contribution is 2.34. The van der Waals surface area contributed by atoms with Gasteiger partial charge in [-0.2, -0.15) is 0 Å². The van der Waals surface area contributed by atoms with Gasteiger partial charge in [0.05, 0.1) is 5.25 Å². The Morgan fingerprint density at radius 2 is 1.79 bits per heavy atom. The van der Waals surface area contributed by atoms with E-state index in [2.05, 4.69) is 18.7 Å². The molecular weight excluding hydrogens is 260 g/mol. The van der Waals surface area contributed by atoms with Crippen LogP contribution in [0.15, 0.2) is 0 Å². The number of primary sulfonamides is 1. The van der Waals surface area contributed by atoms with Gasteiger partial charge in [-0.25, -0.2) is 13.6 Å². The topological polar surface area (TPSA) is 63.4 Å². The van der Waals surface area contributed by atoms with Crippen LogP contribution in [0, 0.1) is 17.8 Å². The second-order valence-electron chi connectivity index (χ2n) is 6.87. The number of rotatable bonds is 4. The number of nitrogens with zero attached hydrogens (tertiary/aromatic N) is 1. The highest BCUT2D eigenvalue weighted by atomic mass is 32.2. The minimum Gasteiger partial charge on any atom is -0.302 e. The summed E-state index contributed by atoms with van der Waals surface area (Å²) in [6.45, 7) is 7.27. The second kappa shape index (κ2) is 6.10. The maximum absolute atomic E-state index is 11.3. The van der Waals surface area contributed by atoms with Gasteiger partial charge in [0.1, 0.15) is 0 Å². The van der Waals surface area contributed by atoms with E-state index >= 15 is 0 Å². The fourth-order valence-corrected chi connectivity index (χ4v) is 4.84. The van der Waals surface area contributed by atoms with Crippen molar-refractivity contribution in [2.45, 2.75) is 51.2 Å². The molecule has 19 heavy (non-hydrogen) atoms. The Labute approximate surface area is 117 Å². The fourth-order valence-electron chi connectivity index (χ4n) is 3.98. The Kier molecular flexibility index (Phi) is 4.90. The molecule has 112 valence electrons. The molecule has 0 aromatic carbocycles. The maximum atomic E-state index is 11.3. The first kappa shape index (κ1) is 15.3. The quantitative estimate of drug-likeness (QED) is 0.858. The summed E-state index contributed by atoms with van der Waals surface area (Å²) in [4.78, 5) is 2.28. The molecule has 0 radical (unpaired) electrons. The summed E-state index contributed by atoms with van der Waals surface area (Å²) >= 11 is 0. The first-order valence-electron chi connectivity index (χ1n) is 7.58. The molecule has 0 bridgehead atoms. The van der Waals surface area contributed by atoms with E-state index in [9.17, 15) is 8.42 Å². The Balaban J connectivity index is 1.75. The van der Waals surface area contributed by atoms with Gasteiger partial charge in [0.15, 0.2) is 0 Å². The number of likely N-dealkylation sites (tertiary alicyclic amines) is 1. The van der Waals surface area contributed by atoms with Crippen LogP contribution in [-0.4, -0.2) is 38.2 Å². The first-order chi connectivity index (χ1) is 8.84. The zero-order valence-corrected chi connectivity index (χ0v) is 13.0. The van der Waals surface area contributed by atoms with Crippen LogP contribution < -0.4 is 5.14 Å². The first-order valence-corrected chi connectivity index (χ1v) is 9.19. The van der Waals surface area contributed by atoms with E-state index in [1.807, 2.05) is 0 Å². The lowest BCUT2D eigenvalue weighted by Gasteiger charge is -2.32. The number of hydrogen-bond donors (Lipinski definition) is 1. The van der Waals surface area contributed by atoms with Crippen molar-refractivity contribution in [3.8, 4) is 0 Å².